The molecule has 0 radical (unpaired) electrons. The molecule has 3 aliphatic carbocycles. The molecule has 3 fully saturated rings. The Morgan fingerprint density at radius 3 is 1.71 bits per heavy atom. The van der Waals surface area contributed by atoms with Crippen molar-refractivity contribution in [2.24, 2.45) is 28.6 Å². The highest BCUT2D eigenvalue weighted by atomic mass is 19.1. The second-order valence-corrected chi connectivity index (χ2v) is 8.94. The highest BCUT2D eigenvalue weighted by Crippen LogP contribution is 2.60. The van der Waals surface area contributed by atoms with Crippen LogP contribution in [0.3, 0.4) is 0 Å². The van der Waals surface area contributed by atoms with Gasteiger partial charge in [0.25, 0.3) is 0 Å². The number of alkyl halides is 1. The van der Waals surface area contributed by atoms with E-state index in [1.165, 1.54) is 64.2 Å². The van der Waals surface area contributed by atoms with Crippen molar-refractivity contribution in [3.05, 3.63) is 0 Å². The molecule has 0 aromatic heterocycles. The zero-order valence-electron chi connectivity index (χ0n) is 17.6. The molecule has 0 nitrogen and oxygen atoms in total. The molecule has 0 heterocycles. The van der Waals surface area contributed by atoms with Gasteiger partial charge in [0.2, 0.25) is 0 Å². The fourth-order valence-corrected chi connectivity index (χ4v) is 6.61. The predicted octanol–water partition coefficient (Wildman–Crippen LogP) is 8.20. The monoisotopic (exact) mass is 340 g/mol. The summed E-state index contributed by atoms with van der Waals surface area (Å²) >= 11 is 0. The van der Waals surface area contributed by atoms with Gasteiger partial charge in [0.1, 0.15) is 0 Å². The van der Waals surface area contributed by atoms with Gasteiger partial charge in [0.15, 0.2) is 0 Å². The smallest absolute Gasteiger partial charge is 0.0785 e. The Kier molecular flexibility index (Phi) is 9.31. The minimum atomic E-state index is 0.500. The van der Waals surface area contributed by atoms with Crippen molar-refractivity contribution in [3.63, 3.8) is 0 Å². The SMILES string of the molecule is CC.CC[C@@H]1[C@@H](C2(C)CCCCC2)CC[C@]2(C)CCCC[C@@H]12.CF. The molecule has 0 spiro atoms. The quantitative estimate of drug-likeness (QED) is 0.475. The maximum atomic E-state index is 9.50. The highest BCUT2D eigenvalue weighted by molar-refractivity contribution is 5.01. The zero-order chi connectivity index (χ0) is 18.2. The predicted molar refractivity (Wildman–Crippen MR) is 106 cm³/mol. The van der Waals surface area contributed by atoms with Gasteiger partial charge < -0.3 is 0 Å². The molecule has 0 amide bonds. The lowest BCUT2D eigenvalue weighted by atomic mass is 9.48. The first-order valence-corrected chi connectivity index (χ1v) is 11.0. The molecule has 144 valence electrons. The van der Waals surface area contributed by atoms with Crippen LogP contribution in [0.2, 0.25) is 0 Å². The molecule has 3 rings (SSSR count). The third-order valence-corrected chi connectivity index (χ3v) is 7.83. The van der Waals surface area contributed by atoms with Crippen LogP contribution in [0, 0.1) is 28.6 Å². The van der Waals surface area contributed by atoms with E-state index in [1.807, 2.05) is 13.8 Å². The van der Waals surface area contributed by atoms with Crippen molar-refractivity contribution in [2.45, 2.75) is 112 Å². The molecular formula is C23H45F. The largest absolute Gasteiger partial charge is 0.255 e. The van der Waals surface area contributed by atoms with Crippen LogP contribution in [-0.4, -0.2) is 7.18 Å². The van der Waals surface area contributed by atoms with Gasteiger partial charge in [-0.1, -0.05) is 73.1 Å². The number of rotatable bonds is 2. The fraction of sp³-hybridized carbons (Fsp3) is 1.00. The lowest BCUT2D eigenvalue weighted by molar-refractivity contribution is -0.0726. The Labute approximate surface area is 152 Å². The van der Waals surface area contributed by atoms with E-state index in [4.69, 9.17) is 0 Å². The molecule has 3 aliphatic rings. The van der Waals surface area contributed by atoms with E-state index in [2.05, 4.69) is 20.8 Å². The Bertz CT molecular complexity index is 331. The van der Waals surface area contributed by atoms with Crippen LogP contribution in [0.15, 0.2) is 0 Å². The lowest BCUT2D eigenvalue weighted by Gasteiger charge is -2.57. The third-order valence-electron chi connectivity index (χ3n) is 7.83. The molecule has 0 saturated heterocycles. The first-order valence-electron chi connectivity index (χ1n) is 11.0. The molecule has 0 aromatic carbocycles. The number of hydrogen-bond donors (Lipinski definition) is 0. The highest BCUT2D eigenvalue weighted by Gasteiger charge is 2.51. The summed E-state index contributed by atoms with van der Waals surface area (Å²) in [5, 5.41) is 0. The zero-order valence-corrected chi connectivity index (χ0v) is 17.6. The molecule has 0 N–H and O–H groups in total. The van der Waals surface area contributed by atoms with Crippen LogP contribution >= 0.6 is 0 Å². The van der Waals surface area contributed by atoms with Gasteiger partial charge in [0.05, 0.1) is 7.18 Å². The normalized spacial score (nSPS) is 37.9. The topological polar surface area (TPSA) is 0 Å². The molecule has 4 atom stereocenters. The van der Waals surface area contributed by atoms with Gasteiger partial charge >= 0.3 is 0 Å². The van der Waals surface area contributed by atoms with Gasteiger partial charge in [-0.15, -0.1) is 0 Å². The van der Waals surface area contributed by atoms with Crippen molar-refractivity contribution in [2.75, 3.05) is 7.18 Å². The maximum Gasteiger partial charge on any atom is 0.0785 e. The maximum absolute atomic E-state index is 9.50. The van der Waals surface area contributed by atoms with Crippen molar-refractivity contribution in [1.29, 1.82) is 0 Å². The molecule has 1 heteroatoms. The van der Waals surface area contributed by atoms with E-state index in [0.717, 1.165) is 17.8 Å². The van der Waals surface area contributed by atoms with Gasteiger partial charge in [0, 0.05) is 0 Å². The molecule has 0 aliphatic heterocycles. The summed E-state index contributed by atoms with van der Waals surface area (Å²) < 4.78 is 9.50. The summed E-state index contributed by atoms with van der Waals surface area (Å²) in [6.45, 7) is 11.8. The van der Waals surface area contributed by atoms with E-state index >= 15 is 0 Å². The molecule has 0 aromatic rings. The number of hydrogen-bond acceptors (Lipinski definition) is 0. The van der Waals surface area contributed by atoms with Gasteiger partial charge in [-0.05, 0) is 67.1 Å². The van der Waals surface area contributed by atoms with Gasteiger partial charge in [-0.2, -0.15) is 0 Å². The van der Waals surface area contributed by atoms with Gasteiger partial charge in [-0.3, -0.25) is 4.39 Å². The minimum Gasteiger partial charge on any atom is -0.255 e. The van der Waals surface area contributed by atoms with Crippen molar-refractivity contribution in [1.82, 2.24) is 0 Å². The average Bonchev–Trinajstić information content (AvgIpc) is 2.64. The van der Waals surface area contributed by atoms with E-state index in [0.29, 0.717) is 18.0 Å². The van der Waals surface area contributed by atoms with E-state index in [-0.39, 0.29) is 0 Å². The van der Waals surface area contributed by atoms with Crippen LogP contribution in [0.4, 0.5) is 4.39 Å². The second-order valence-electron chi connectivity index (χ2n) is 8.94. The standard InChI is InChI=1S/C20H36.C2H6.CH3F/c1-4-16-17-10-6-9-14-20(17,3)15-11-18(16)19(2)12-7-5-8-13-19;2*1-2/h16-18H,4-15H2,1-3H3;1-2H3;1H3/t16-,17-,18-,20-;;/m0../s1. The fourth-order valence-electron chi connectivity index (χ4n) is 6.61. The van der Waals surface area contributed by atoms with Gasteiger partial charge in [-0.25, -0.2) is 0 Å². The van der Waals surface area contributed by atoms with Crippen molar-refractivity contribution < 1.29 is 4.39 Å². The third kappa shape index (κ3) is 4.55. The Hall–Kier alpha value is -0.0700. The Balaban J connectivity index is 0.000000671. The van der Waals surface area contributed by atoms with E-state index in [1.54, 1.807) is 12.8 Å². The minimum absolute atomic E-state index is 0.500. The summed E-state index contributed by atoms with van der Waals surface area (Å²) in [7, 11) is 0.500. The summed E-state index contributed by atoms with van der Waals surface area (Å²) in [4.78, 5) is 0. The number of halogens is 1. The first-order chi connectivity index (χ1) is 11.6. The summed E-state index contributed by atoms with van der Waals surface area (Å²) in [6.07, 6.45) is 18.2. The lowest BCUT2D eigenvalue weighted by Crippen LogP contribution is -2.48. The summed E-state index contributed by atoms with van der Waals surface area (Å²) in [6, 6.07) is 0. The molecule has 0 bridgehead atoms. The summed E-state index contributed by atoms with van der Waals surface area (Å²) in [5.74, 6) is 3.14. The van der Waals surface area contributed by atoms with Crippen LogP contribution in [0.1, 0.15) is 112 Å². The average molecular weight is 341 g/mol. The molecular weight excluding hydrogens is 295 g/mol. The van der Waals surface area contributed by atoms with Crippen LogP contribution in [0.25, 0.3) is 0 Å². The Morgan fingerprint density at radius 1 is 0.708 bits per heavy atom. The van der Waals surface area contributed by atoms with Crippen molar-refractivity contribution in [3.8, 4) is 0 Å². The molecule has 0 unspecified atom stereocenters. The van der Waals surface area contributed by atoms with Crippen LogP contribution in [-0.2, 0) is 0 Å². The second kappa shape index (κ2) is 10.2. The van der Waals surface area contributed by atoms with E-state index < -0.39 is 0 Å². The number of fused-ring (bicyclic) bond motifs is 1. The van der Waals surface area contributed by atoms with Crippen molar-refractivity contribution >= 4 is 0 Å². The van der Waals surface area contributed by atoms with Crippen LogP contribution in [0.5, 0.6) is 0 Å². The van der Waals surface area contributed by atoms with E-state index in [9.17, 15) is 4.39 Å². The first kappa shape index (κ1) is 22.0. The molecule has 24 heavy (non-hydrogen) atoms. The van der Waals surface area contributed by atoms with Crippen LogP contribution < -0.4 is 0 Å². The summed E-state index contributed by atoms with van der Waals surface area (Å²) in [5.41, 5.74) is 1.40. The molecule has 3 saturated carbocycles. The Morgan fingerprint density at radius 2 is 1.17 bits per heavy atom.